The molecule has 23 heavy (non-hydrogen) atoms. The summed E-state index contributed by atoms with van der Waals surface area (Å²) in [7, 11) is 1.98. The fraction of sp³-hybridized carbons (Fsp3) is 0.765. The number of nitrogens with zero attached hydrogens (tertiary/aromatic N) is 4. The van der Waals surface area contributed by atoms with Crippen LogP contribution in [0.5, 0.6) is 0 Å². The fourth-order valence-corrected chi connectivity index (χ4v) is 3.44. The number of hydrogen-bond donors (Lipinski definition) is 1. The van der Waals surface area contributed by atoms with Gasteiger partial charge in [-0.15, -0.1) is 0 Å². The minimum atomic E-state index is 0.300. The second-order valence-corrected chi connectivity index (χ2v) is 6.56. The van der Waals surface area contributed by atoms with Crippen LogP contribution in [0.15, 0.2) is 17.4 Å². The van der Waals surface area contributed by atoms with Gasteiger partial charge in [0, 0.05) is 45.4 Å². The highest BCUT2D eigenvalue weighted by molar-refractivity contribution is 5.80. The highest BCUT2D eigenvalue weighted by atomic mass is 16.5. The smallest absolute Gasteiger partial charge is 0.194 e. The maximum atomic E-state index is 5.80. The summed E-state index contributed by atoms with van der Waals surface area (Å²) < 4.78 is 7.68. The predicted molar refractivity (Wildman–Crippen MR) is 91.7 cm³/mol. The van der Waals surface area contributed by atoms with E-state index in [1.165, 1.54) is 18.4 Å². The molecule has 1 aromatic rings. The Labute approximate surface area is 138 Å². The lowest BCUT2D eigenvalue weighted by molar-refractivity contribution is 0.0223. The largest absolute Gasteiger partial charge is 0.376 e. The predicted octanol–water partition coefficient (Wildman–Crippen LogP) is 1.74. The number of aliphatic imine (C=N–C) groups is 1. The number of nitrogens with one attached hydrogen (secondary N) is 1. The summed E-state index contributed by atoms with van der Waals surface area (Å²) in [5.41, 5.74) is 1.33. The molecular weight excluding hydrogens is 290 g/mol. The Kier molecular flexibility index (Phi) is 5.54. The molecule has 2 aliphatic rings. The molecule has 0 amide bonds. The van der Waals surface area contributed by atoms with E-state index in [4.69, 9.17) is 9.73 Å². The average Bonchev–Trinajstić information content (AvgIpc) is 3.21. The number of aromatic nitrogens is 2. The minimum absolute atomic E-state index is 0.300. The van der Waals surface area contributed by atoms with E-state index in [1.54, 1.807) is 0 Å². The molecule has 3 rings (SSSR count). The third-order valence-electron chi connectivity index (χ3n) is 4.74. The molecule has 0 saturated carbocycles. The average molecular weight is 319 g/mol. The van der Waals surface area contributed by atoms with Crippen LogP contribution < -0.4 is 5.32 Å². The molecule has 6 heteroatoms. The molecule has 0 spiro atoms. The lowest BCUT2D eigenvalue weighted by Gasteiger charge is -2.24. The van der Waals surface area contributed by atoms with Gasteiger partial charge in [-0.25, -0.2) is 0 Å². The molecule has 2 aliphatic heterocycles. The van der Waals surface area contributed by atoms with Crippen molar-refractivity contribution >= 4 is 5.96 Å². The van der Waals surface area contributed by atoms with E-state index in [1.807, 2.05) is 17.9 Å². The van der Waals surface area contributed by atoms with Crippen LogP contribution in [0.4, 0.5) is 0 Å². The zero-order valence-corrected chi connectivity index (χ0v) is 14.4. The van der Waals surface area contributed by atoms with E-state index in [2.05, 4.69) is 28.4 Å². The molecule has 2 saturated heterocycles. The summed E-state index contributed by atoms with van der Waals surface area (Å²) in [6.07, 6.45) is 9.19. The van der Waals surface area contributed by atoms with Crippen molar-refractivity contribution < 1.29 is 4.74 Å². The topological polar surface area (TPSA) is 54.7 Å². The first-order chi connectivity index (χ1) is 11.3. The van der Waals surface area contributed by atoms with Crippen molar-refractivity contribution in [3.8, 4) is 0 Å². The third-order valence-corrected chi connectivity index (χ3v) is 4.74. The van der Waals surface area contributed by atoms with Crippen molar-refractivity contribution in [2.24, 2.45) is 12.0 Å². The maximum Gasteiger partial charge on any atom is 0.194 e. The van der Waals surface area contributed by atoms with E-state index in [9.17, 15) is 0 Å². The van der Waals surface area contributed by atoms with Crippen LogP contribution in [0, 0.1) is 0 Å². The van der Waals surface area contributed by atoms with Crippen LogP contribution >= 0.6 is 0 Å². The van der Waals surface area contributed by atoms with Gasteiger partial charge in [0.2, 0.25) is 0 Å². The highest BCUT2D eigenvalue weighted by Gasteiger charge is 2.27. The lowest BCUT2D eigenvalue weighted by Crippen LogP contribution is -2.40. The first-order valence-electron chi connectivity index (χ1n) is 8.89. The normalized spacial score (nSPS) is 25.8. The second kappa shape index (κ2) is 7.81. The van der Waals surface area contributed by atoms with Gasteiger partial charge < -0.3 is 15.0 Å². The van der Waals surface area contributed by atoms with Gasteiger partial charge in [0.25, 0.3) is 0 Å². The van der Waals surface area contributed by atoms with E-state index in [0.717, 1.165) is 51.6 Å². The quantitative estimate of drug-likeness (QED) is 0.678. The molecule has 2 atom stereocenters. The Morgan fingerprint density at radius 3 is 3.04 bits per heavy atom. The Morgan fingerprint density at radius 2 is 2.35 bits per heavy atom. The SMILES string of the molecule is CCNC(=NCC1CCCCO1)N1CCC(c2cnn(C)c2)C1. The molecule has 6 nitrogen and oxygen atoms in total. The molecule has 1 N–H and O–H groups in total. The number of aryl methyl sites for hydroxylation is 1. The monoisotopic (exact) mass is 319 g/mol. The summed E-state index contributed by atoms with van der Waals surface area (Å²) in [5.74, 6) is 1.59. The standard InChI is InChI=1S/C17H29N5O/c1-3-18-17(19-11-16-6-4-5-9-23-16)22-8-7-14(13-22)15-10-20-21(2)12-15/h10,12,14,16H,3-9,11,13H2,1-2H3,(H,18,19). The third kappa shape index (κ3) is 4.25. The van der Waals surface area contributed by atoms with Gasteiger partial charge in [0.15, 0.2) is 5.96 Å². The van der Waals surface area contributed by atoms with Gasteiger partial charge in [-0.05, 0) is 38.2 Å². The van der Waals surface area contributed by atoms with Crippen LogP contribution in [-0.2, 0) is 11.8 Å². The van der Waals surface area contributed by atoms with Crippen LogP contribution in [-0.4, -0.2) is 59.5 Å². The maximum absolute atomic E-state index is 5.80. The first kappa shape index (κ1) is 16.3. The van der Waals surface area contributed by atoms with Gasteiger partial charge in [-0.1, -0.05) is 0 Å². The molecule has 1 aromatic heterocycles. The summed E-state index contributed by atoms with van der Waals surface area (Å²) in [5, 5.41) is 7.74. The summed E-state index contributed by atoms with van der Waals surface area (Å²) >= 11 is 0. The van der Waals surface area contributed by atoms with Gasteiger partial charge in [0.1, 0.15) is 0 Å². The molecule has 2 fully saturated rings. The fourth-order valence-electron chi connectivity index (χ4n) is 3.44. The van der Waals surface area contributed by atoms with Crippen molar-refractivity contribution in [3.05, 3.63) is 18.0 Å². The van der Waals surface area contributed by atoms with Gasteiger partial charge in [-0.3, -0.25) is 9.67 Å². The van der Waals surface area contributed by atoms with Crippen molar-refractivity contribution in [1.29, 1.82) is 0 Å². The van der Waals surface area contributed by atoms with Crippen molar-refractivity contribution in [3.63, 3.8) is 0 Å². The summed E-state index contributed by atoms with van der Waals surface area (Å²) in [6.45, 7) is 6.76. The highest BCUT2D eigenvalue weighted by Crippen LogP contribution is 2.26. The molecule has 0 aromatic carbocycles. The van der Waals surface area contributed by atoms with E-state index < -0.39 is 0 Å². The lowest BCUT2D eigenvalue weighted by atomic mass is 10.0. The molecule has 0 aliphatic carbocycles. The van der Waals surface area contributed by atoms with E-state index in [-0.39, 0.29) is 0 Å². The van der Waals surface area contributed by atoms with Gasteiger partial charge >= 0.3 is 0 Å². The Hall–Kier alpha value is -1.56. The Morgan fingerprint density at radius 1 is 1.43 bits per heavy atom. The van der Waals surface area contributed by atoms with Crippen LogP contribution in [0.25, 0.3) is 0 Å². The Bertz CT molecular complexity index is 521. The molecule has 0 bridgehead atoms. The van der Waals surface area contributed by atoms with Crippen molar-refractivity contribution in [2.75, 3.05) is 32.8 Å². The number of hydrogen-bond acceptors (Lipinski definition) is 3. The zero-order valence-electron chi connectivity index (χ0n) is 14.4. The van der Waals surface area contributed by atoms with Crippen LogP contribution in [0.3, 0.4) is 0 Å². The second-order valence-electron chi connectivity index (χ2n) is 6.56. The van der Waals surface area contributed by atoms with E-state index >= 15 is 0 Å². The first-order valence-corrected chi connectivity index (χ1v) is 8.89. The van der Waals surface area contributed by atoms with Crippen molar-refractivity contribution in [1.82, 2.24) is 20.0 Å². The number of rotatable bonds is 4. The minimum Gasteiger partial charge on any atom is -0.376 e. The Balaban J connectivity index is 1.59. The zero-order chi connectivity index (χ0) is 16.1. The number of guanidine groups is 1. The van der Waals surface area contributed by atoms with E-state index in [0.29, 0.717) is 12.0 Å². The van der Waals surface area contributed by atoms with Crippen molar-refractivity contribution in [2.45, 2.75) is 44.6 Å². The molecule has 128 valence electrons. The number of likely N-dealkylation sites (tertiary alicyclic amines) is 1. The summed E-state index contributed by atoms with van der Waals surface area (Å²) in [4.78, 5) is 7.22. The van der Waals surface area contributed by atoms with Crippen LogP contribution in [0.1, 0.15) is 44.1 Å². The summed E-state index contributed by atoms with van der Waals surface area (Å²) in [6, 6.07) is 0. The molecule has 3 heterocycles. The van der Waals surface area contributed by atoms with Gasteiger partial charge in [-0.2, -0.15) is 5.10 Å². The van der Waals surface area contributed by atoms with Crippen LogP contribution in [0.2, 0.25) is 0 Å². The molecule has 2 unspecified atom stereocenters. The van der Waals surface area contributed by atoms with Gasteiger partial charge in [0.05, 0.1) is 18.8 Å². The molecular formula is C17H29N5O. The number of ether oxygens (including phenoxy) is 1. The molecule has 0 radical (unpaired) electrons.